The van der Waals surface area contributed by atoms with Crippen molar-refractivity contribution in [2.45, 2.75) is 12.6 Å². The third kappa shape index (κ3) is 6.04. The highest BCUT2D eigenvalue weighted by Crippen LogP contribution is 2.30. The normalized spacial score (nSPS) is 16.4. The van der Waals surface area contributed by atoms with Gasteiger partial charge in [-0.2, -0.15) is 0 Å². The average Bonchev–Trinajstić information content (AvgIpc) is 2.95. The summed E-state index contributed by atoms with van der Waals surface area (Å²) in [5.41, 5.74) is 3.47. The van der Waals surface area contributed by atoms with E-state index in [1.54, 1.807) is 42.5 Å². The molecular formula is C32H27F2N3O2. The number of carbonyl (C=O) groups is 2. The molecule has 1 aliphatic rings. The summed E-state index contributed by atoms with van der Waals surface area (Å²) in [5, 5.41) is 2.95. The summed E-state index contributed by atoms with van der Waals surface area (Å²) in [4.78, 5) is 30.0. The van der Waals surface area contributed by atoms with E-state index in [2.05, 4.69) is 5.32 Å². The van der Waals surface area contributed by atoms with Gasteiger partial charge in [0, 0.05) is 24.2 Å². The first-order chi connectivity index (χ1) is 19.0. The van der Waals surface area contributed by atoms with Crippen LogP contribution in [0.3, 0.4) is 0 Å². The number of amides is 3. The topological polar surface area (TPSA) is 52.7 Å². The molecule has 0 saturated carbocycles. The Balaban J connectivity index is 1.42. The van der Waals surface area contributed by atoms with E-state index in [-0.39, 0.29) is 31.4 Å². The van der Waals surface area contributed by atoms with Crippen LogP contribution in [-0.4, -0.2) is 34.8 Å². The molecule has 0 spiro atoms. The zero-order valence-electron chi connectivity index (χ0n) is 21.1. The Labute approximate surface area is 226 Å². The fourth-order valence-corrected chi connectivity index (χ4v) is 4.66. The number of benzene rings is 4. The maximum Gasteiger partial charge on any atom is 0.322 e. The minimum Gasteiger partial charge on any atom is -0.326 e. The molecule has 196 valence electrons. The quantitative estimate of drug-likeness (QED) is 0.292. The van der Waals surface area contributed by atoms with Crippen molar-refractivity contribution in [1.29, 1.82) is 0 Å². The summed E-state index contributed by atoms with van der Waals surface area (Å²) in [7, 11) is 0. The van der Waals surface area contributed by atoms with Gasteiger partial charge in [-0.1, -0.05) is 91.0 Å². The van der Waals surface area contributed by atoms with Crippen molar-refractivity contribution in [3.8, 4) is 11.1 Å². The lowest BCUT2D eigenvalue weighted by atomic mass is 10.0. The number of anilines is 1. The van der Waals surface area contributed by atoms with Crippen LogP contribution in [0, 0.1) is 11.6 Å². The second-order valence-electron chi connectivity index (χ2n) is 9.26. The van der Waals surface area contributed by atoms with Gasteiger partial charge in [0.2, 0.25) is 5.91 Å². The molecule has 0 bridgehead atoms. The predicted molar refractivity (Wildman–Crippen MR) is 148 cm³/mol. The van der Waals surface area contributed by atoms with E-state index in [9.17, 15) is 18.4 Å². The molecule has 7 heteroatoms. The molecule has 0 aliphatic carbocycles. The highest BCUT2D eigenvalue weighted by Gasteiger charge is 2.30. The van der Waals surface area contributed by atoms with Gasteiger partial charge >= 0.3 is 6.03 Å². The summed E-state index contributed by atoms with van der Waals surface area (Å²) >= 11 is 0. The van der Waals surface area contributed by atoms with Crippen molar-refractivity contribution in [1.82, 2.24) is 9.80 Å². The van der Waals surface area contributed by atoms with Gasteiger partial charge in [-0.3, -0.25) is 4.79 Å². The molecule has 0 radical (unpaired) electrons. The Hall–Kier alpha value is -4.78. The second-order valence-corrected chi connectivity index (χ2v) is 9.26. The van der Waals surface area contributed by atoms with Crippen molar-refractivity contribution in [2.24, 2.45) is 0 Å². The number of rotatable bonds is 5. The molecule has 0 unspecified atom stereocenters. The molecule has 1 aliphatic heterocycles. The van der Waals surface area contributed by atoms with E-state index >= 15 is 0 Å². The van der Waals surface area contributed by atoms with E-state index in [0.29, 0.717) is 16.8 Å². The molecule has 0 aromatic heterocycles. The van der Waals surface area contributed by atoms with Gasteiger partial charge < -0.3 is 15.1 Å². The molecule has 1 N–H and O–H groups in total. The molecule has 0 fully saturated rings. The zero-order valence-corrected chi connectivity index (χ0v) is 21.1. The molecule has 3 amide bonds. The van der Waals surface area contributed by atoms with Crippen LogP contribution < -0.4 is 5.32 Å². The van der Waals surface area contributed by atoms with Crippen LogP contribution in [0.15, 0.2) is 115 Å². The van der Waals surface area contributed by atoms with Crippen molar-refractivity contribution in [3.63, 3.8) is 0 Å². The summed E-state index contributed by atoms with van der Waals surface area (Å²) in [6, 6.07) is 28.2. The first-order valence-corrected chi connectivity index (χ1v) is 12.6. The third-order valence-electron chi connectivity index (χ3n) is 6.66. The van der Waals surface area contributed by atoms with E-state index in [4.69, 9.17) is 0 Å². The van der Waals surface area contributed by atoms with E-state index in [0.717, 1.165) is 11.1 Å². The summed E-state index contributed by atoms with van der Waals surface area (Å²) in [6.45, 7) is 0.0744. The Kier molecular flexibility index (Phi) is 7.78. The summed E-state index contributed by atoms with van der Waals surface area (Å²) < 4.78 is 28.3. The van der Waals surface area contributed by atoms with Gasteiger partial charge in [0.1, 0.15) is 18.2 Å². The van der Waals surface area contributed by atoms with Crippen LogP contribution in [0.2, 0.25) is 0 Å². The first kappa shape index (κ1) is 25.9. The number of carbonyl (C=O) groups excluding carboxylic acids is 2. The fourth-order valence-electron chi connectivity index (χ4n) is 4.66. The van der Waals surface area contributed by atoms with Crippen molar-refractivity contribution >= 4 is 17.6 Å². The number of hydrogen-bond donors (Lipinski definition) is 1. The third-order valence-corrected chi connectivity index (χ3v) is 6.66. The average molecular weight is 524 g/mol. The fraction of sp³-hybridized carbons (Fsp3) is 0.125. The highest BCUT2D eigenvalue weighted by atomic mass is 19.1. The van der Waals surface area contributed by atoms with Gasteiger partial charge in [-0.05, 0) is 35.4 Å². The summed E-state index contributed by atoms with van der Waals surface area (Å²) in [6.07, 6.45) is 3.50. The molecule has 4 aromatic carbocycles. The minimum atomic E-state index is -0.687. The molecule has 4 aromatic rings. The van der Waals surface area contributed by atoms with Crippen molar-refractivity contribution < 1.29 is 18.4 Å². The maximum atomic E-state index is 14.8. The van der Waals surface area contributed by atoms with Crippen LogP contribution in [0.4, 0.5) is 19.3 Å². The smallest absolute Gasteiger partial charge is 0.322 e. The zero-order chi connectivity index (χ0) is 27.2. The highest BCUT2D eigenvalue weighted by molar-refractivity contribution is 5.96. The number of nitrogens with one attached hydrogen (secondary N) is 1. The molecule has 5 rings (SSSR count). The van der Waals surface area contributed by atoms with Crippen molar-refractivity contribution in [3.05, 3.63) is 138 Å². The van der Waals surface area contributed by atoms with Crippen molar-refractivity contribution in [2.75, 3.05) is 18.4 Å². The summed E-state index contributed by atoms with van der Waals surface area (Å²) in [5.74, 6) is -1.18. The van der Waals surface area contributed by atoms with Gasteiger partial charge in [0.05, 0.1) is 11.7 Å². The maximum absolute atomic E-state index is 14.8. The van der Waals surface area contributed by atoms with Crippen LogP contribution in [-0.2, 0) is 11.3 Å². The Morgan fingerprint density at radius 3 is 2.31 bits per heavy atom. The van der Waals surface area contributed by atoms with Gasteiger partial charge in [-0.25, -0.2) is 13.6 Å². The van der Waals surface area contributed by atoms with Gasteiger partial charge in [-0.15, -0.1) is 0 Å². The Morgan fingerprint density at radius 1 is 0.846 bits per heavy atom. The molecule has 5 nitrogen and oxygen atoms in total. The molecular weight excluding hydrogens is 496 g/mol. The van der Waals surface area contributed by atoms with Crippen LogP contribution in [0.25, 0.3) is 11.1 Å². The number of halogens is 2. The molecule has 0 saturated heterocycles. The largest absolute Gasteiger partial charge is 0.326 e. The van der Waals surface area contributed by atoms with Crippen LogP contribution >= 0.6 is 0 Å². The minimum absolute atomic E-state index is 0.120. The Morgan fingerprint density at radius 2 is 1.54 bits per heavy atom. The lowest BCUT2D eigenvalue weighted by Crippen LogP contribution is -2.46. The van der Waals surface area contributed by atoms with Gasteiger partial charge in [0.25, 0.3) is 0 Å². The molecule has 39 heavy (non-hydrogen) atoms. The van der Waals surface area contributed by atoms with E-state index in [1.165, 1.54) is 28.0 Å². The standard InChI is InChI=1S/C32H27F2N3O2/c33-25-18-16-23(17-19-25)21-37-30(27-12-4-6-13-28(27)34)15-8-20-36(22-31(37)38)32(39)35-29-14-7-5-11-26(29)24-9-2-1-3-10-24/h1-19,30H,20-22H2,(H,35,39)/b15-8-/t30-/m0/s1. The second kappa shape index (κ2) is 11.7. The number of urea groups is 1. The number of nitrogens with zero attached hydrogens (tertiary/aromatic N) is 2. The lowest BCUT2D eigenvalue weighted by molar-refractivity contribution is -0.134. The van der Waals surface area contributed by atoms with Crippen LogP contribution in [0.1, 0.15) is 17.2 Å². The number of hydrogen-bond acceptors (Lipinski definition) is 2. The SMILES string of the molecule is O=C(Nc1ccccc1-c1ccccc1)N1C/C=C\[C@@H](c2ccccc2F)N(Cc2ccc(F)cc2)C(=O)C1. The van der Waals surface area contributed by atoms with E-state index < -0.39 is 17.9 Å². The Bertz CT molecular complexity index is 1490. The van der Waals surface area contributed by atoms with E-state index in [1.807, 2.05) is 54.6 Å². The van der Waals surface area contributed by atoms with Gasteiger partial charge in [0.15, 0.2) is 0 Å². The molecule has 1 atom stereocenters. The van der Waals surface area contributed by atoms with Crippen LogP contribution in [0.5, 0.6) is 0 Å². The monoisotopic (exact) mass is 523 g/mol. The first-order valence-electron chi connectivity index (χ1n) is 12.6. The molecule has 1 heterocycles. The number of para-hydroxylation sites is 1. The lowest BCUT2D eigenvalue weighted by Gasteiger charge is -2.34. The predicted octanol–water partition coefficient (Wildman–Crippen LogP) is 6.81.